The molecule has 0 fully saturated rings. The number of aromatic nitrogens is 1. The van der Waals surface area contributed by atoms with Crippen molar-refractivity contribution in [1.29, 1.82) is 5.41 Å². The highest BCUT2D eigenvalue weighted by molar-refractivity contribution is 6.00. The quantitative estimate of drug-likeness (QED) is 0.595. The van der Waals surface area contributed by atoms with Gasteiger partial charge >= 0.3 is 0 Å². The Bertz CT molecular complexity index is 515. The molecule has 1 unspecified atom stereocenters. The van der Waals surface area contributed by atoms with E-state index >= 15 is 0 Å². The van der Waals surface area contributed by atoms with Crippen molar-refractivity contribution in [2.45, 2.75) is 45.6 Å². The summed E-state index contributed by atoms with van der Waals surface area (Å²) < 4.78 is 5.23. The third-order valence-electron chi connectivity index (χ3n) is 4.25. The number of pyridine rings is 1. The first-order chi connectivity index (χ1) is 10.1. The molecule has 21 heavy (non-hydrogen) atoms. The van der Waals surface area contributed by atoms with Crippen molar-refractivity contribution >= 4 is 11.7 Å². The number of methoxy groups -OCH3 is 1. The van der Waals surface area contributed by atoms with Gasteiger partial charge in [0.1, 0.15) is 11.7 Å². The normalized spacial score (nSPS) is 14.8. The van der Waals surface area contributed by atoms with E-state index in [2.05, 4.69) is 24.8 Å². The lowest BCUT2D eigenvalue weighted by Crippen LogP contribution is -2.38. The number of nitrogens with one attached hydrogen (secondary N) is 1. The SMILES string of the molecule is CCC(C)N(CCOC)c1nc2c(cc1C(=N)N)CCC2. The highest BCUT2D eigenvalue weighted by atomic mass is 16.5. The molecule has 0 spiro atoms. The third-order valence-corrected chi connectivity index (χ3v) is 4.25. The van der Waals surface area contributed by atoms with E-state index in [4.69, 9.17) is 20.9 Å². The second-order valence-electron chi connectivity index (χ2n) is 5.68. The molecule has 5 nitrogen and oxygen atoms in total. The van der Waals surface area contributed by atoms with Crippen molar-refractivity contribution in [2.24, 2.45) is 5.73 Å². The lowest BCUT2D eigenvalue weighted by molar-refractivity contribution is 0.203. The van der Waals surface area contributed by atoms with Gasteiger partial charge in [-0.05, 0) is 44.2 Å². The van der Waals surface area contributed by atoms with Gasteiger partial charge in [-0.15, -0.1) is 0 Å². The van der Waals surface area contributed by atoms with E-state index in [1.54, 1.807) is 7.11 Å². The van der Waals surface area contributed by atoms with Crippen LogP contribution in [0, 0.1) is 5.41 Å². The fraction of sp³-hybridized carbons (Fsp3) is 0.625. The molecule has 1 heterocycles. The van der Waals surface area contributed by atoms with E-state index < -0.39 is 0 Å². The molecular formula is C16H26N4O. The maximum Gasteiger partial charge on any atom is 0.140 e. The summed E-state index contributed by atoms with van der Waals surface area (Å²) in [5, 5.41) is 7.89. The van der Waals surface area contributed by atoms with Crippen LogP contribution in [0.15, 0.2) is 6.07 Å². The average molecular weight is 290 g/mol. The Kier molecular flexibility index (Phi) is 5.17. The number of nitrogens with two attached hydrogens (primary N) is 1. The molecule has 1 aromatic rings. The molecule has 1 aliphatic rings. The molecule has 116 valence electrons. The van der Waals surface area contributed by atoms with E-state index in [1.165, 1.54) is 11.3 Å². The molecule has 1 aliphatic carbocycles. The predicted octanol–water partition coefficient (Wildman–Crippen LogP) is 2.11. The lowest BCUT2D eigenvalue weighted by atomic mass is 10.1. The zero-order chi connectivity index (χ0) is 15.4. The van der Waals surface area contributed by atoms with Gasteiger partial charge in [-0.3, -0.25) is 5.41 Å². The smallest absolute Gasteiger partial charge is 0.140 e. The summed E-state index contributed by atoms with van der Waals surface area (Å²) in [6, 6.07) is 2.40. The minimum Gasteiger partial charge on any atom is -0.384 e. The van der Waals surface area contributed by atoms with E-state index in [0.29, 0.717) is 12.6 Å². The van der Waals surface area contributed by atoms with Crippen molar-refractivity contribution in [3.63, 3.8) is 0 Å². The van der Waals surface area contributed by atoms with Gasteiger partial charge in [0.25, 0.3) is 0 Å². The number of anilines is 1. The van der Waals surface area contributed by atoms with Gasteiger partial charge in [-0.2, -0.15) is 0 Å². The minimum atomic E-state index is 0.0953. The highest BCUT2D eigenvalue weighted by Gasteiger charge is 2.23. The van der Waals surface area contributed by atoms with Crippen LogP contribution in [-0.2, 0) is 17.6 Å². The number of rotatable bonds is 7. The Morgan fingerprint density at radius 3 is 2.90 bits per heavy atom. The fourth-order valence-electron chi connectivity index (χ4n) is 2.82. The summed E-state index contributed by atoms with van der Waals surface area (Å²) in [7, 11) is 1.71. The number of amidine groups is 1. The molecule has 0 aromatic carbocycles. The van der Waals surface area contributed by atoms with E-state index in [9.17, 15) is 0 Å². The molecule has 0 radical (unpaired) electrons. The van der Waals surface area contributed by atoms with Gasteiger partial charge in [-0.25, -0.2) is 4.98 Å². The van der Waals surface area contributed by atoms with Gasteiger partial charge in [0.05, 0.1) is 12.2 Å². The number of ether oxygens (including phenoxy) is 1. The summed E-state index contributed by atoms with van der Waals surface area (Å²) in [6.45, 7) is 5.73. The number of nitrogens with zero attached hydrogens (tertiary/aromatic N) is 2. The number of aryl methyl sites for hydroxylation is 2. The Morgan fingerprint density at radius 2 is 2.29 bits per heavy atom. The van der Waals surface area contributed by atoms with E-state index in [1.807, 2.05) is 0 Å². The highest BCUT2D eigenvalue weighted by Crippen LogP contribution is 2.28. The van der Waals surface area contributed by atoms with Crippen LogP contribution < -0.4 is 10.6 Å². The number of hydrogen-bond donors (Lipinski definition) is 2. The van der Waals surface area contributed by atoms with Crippen LogP contribution in [0.3, 0.4) is 0 Å². The maximum atomic E-state index is 7.89. The molecule has 5 heteroatoms. The van der Waals surface area contributed by atoms with Crippen LogP contribution in [-0.4, -0.2) is 37.1 Å². The Hall–Kier alpha value is -1.62. The molecule has 1 atom stereocenters. The second kappa shape index (κ2) is 6.89. The monoisotopic (exact) mass is 290 g/mol. The van der Waals surface area contributed by atoms with E-state index in [0.717, 1.165) is 43.6 Å². The van der Waals surface area contributed by atoms with Crippen molar-refractivity contribution in [1.82, 2.24) is 4.98 Å². The summed E-state index contributed by atoms with van der Waals surface area (Å²) >= 11 is 0. The number of fused-ring (bicyclic) bond motifs is 1. The van der Waals surface area contributed by atoms with Gasteiger partial charge in [0.2, 0.25) is 0 Å². The van der Waals surface area contributed by atoms with Crippen LogP contribution in [0.5, 0.6) is 0 Å². The number of nitrogen functional groups attached to an aromatic ring is 1. The molecule has 0 saturated carbocycles. The van der Waals surface area contributed by atoms with Crippen molar-refractivity contribution in [3.8, 4) is 0 Å². The minimum absolute atomic E-state index is 0.0953. The Balaban J connectivity index is 2.44. The summed E-state index contributed by atoms with van der Waals surface area (Å²) in [6.07, 6.45) is 4.23. The fourth-order valence-corrected chi connectivity index (χ4v) is 2.82. The predicted molar refractivity (Wildman–Crippen MR) is 86.3 cm³/mol. The molecule has 3 N–H and O–H groups in total. The van der Waals surface area contributed by atoms with Crippen LogP contribution in [0.4, 0.5) is 5.82 Å². The molecule has 0 saturated heterocycles. The van der Waals surface area contributed by atoms with Gasteiger partial charge in [0.15, 0.2) is 0 Å². The standard InChI is InChI=1S/C16H26N4O/c1-4-11(2)20(8-9-21-3)16-13(15(17)18)10-12-6-5-7-14(12)19-16/h10-11H,4-9H2,1-3H3,(H3,17,18). The van der Waals surface area contributed by atoms with Crippen LogP contribution in [0.2, 0.25) is 0 Å². The lowest BCUT2D eigenvalue weighted by Gasteiger charge is -2.31. The van der Waals surface area contributed by atoms with Crippen LogP contribution >= 0.6 is 0 Å². The molecule has 0 amide bonds. The molecule has 0 bridgehead atoms. The summed E-state index contributed by atoms with van der Waals surface area (Å²) in [5.41, 5.74) is 8.98. The van der Waals surface area contributed by atoms with Crippen molar-refractivity contribution < 1.29 is 4.74 Å². The first kappa shape index (κ1) is 15.8. The van der Waals surface area contributed by atoms with Gasteiger partial charge in [-0.1, -0.05) is 6.92 Å². The molecule has 1 aromatic heterocycles. The van der Waals surface area contributed by atoms with Crippen LogP contribution in [0.1, 0.15) is 43.5 Å². The van der Waals surface area contributed by atoms with E-state index in [-0.39, 0.29) is 5.84 Å². The van der Waals surface area contributed by atoms with Gasteiger partial charge in [0, 0.05) is 25.4 Å². The third kappa shape index (κ3) is 3.35. The first-order valence-electron chi connectivity index (χ1n) is 7.71. The maximum absolute atomic E-state index is 7.89. The second-order valence-corrected chi connectivity index (χ2v) is 5.68. The molecular weight excluding hydrogens is 264 g/mol. The average Bonchev–Trinajstić information content (AvgIpc) is 2.93. The Labute approximate surface area is 127 Å². The van der Waals surface area contributed by atoms with Crippen molar-refractivity contribution in [2.75, 3.05) is 25.2 Å². The number of hydrogen-bond acceptors (Lipinski definition) is 4. The summed E-state index contributed by atoms with van der Waals surface area (Å²) in [5.74, 6) is 0.937. The Morgan fingerprint density at radius 1 is 1.52 bits per heavy atom. The first-order valence-corrected chi connectivity index (χ1v) is 7.71. The molecule has 0 aliphatic heterocycles. The van der Waals surface area contributed by atoms with Crippen molar-refractivity contribution in [3.05, 3.63) is 22.9 Å². The van der Waals surface area contributed by atoms with Gasteiger partial charge < -0.3 is 15.4 Å². The topological polar surface area (TPSA) is 75.2 Å². The zero-order valence-corrected chi connectivity index (χ0v) is 13.3. The van der Waals surface area contributed by atoms with Crippen LogP contribution in [0.25, 0.3) is 0 Å². The molecule has 2 rings (SSSR count). The summed E-state index contributed by atoms with van der Waals surface area (Å²) in [4.78, 5) is 7.07. The largest absolute Gasteiger partial charge is 0.384 e. The zero-order valence-electron chi connectivity index (χ0n) is 13.3.